The van der Waals surface area contributed by atoms with Crippen LogP contribution in [0.15, 0.2) is 76.7 Å². The first-order valence-electron chi connectivity index (χ1n) is 7.83. The fourth-order valence-electron chi connectivity index (χ4n) is 2.07. The molecule has 3 aromatic carbocycles. The van der Waals surface area contributed by atoms with Gasteiger partial charge in [-0.2, -0.15) is 0 Å². The molecule has 0 saturated carbocycles. The van der Waals surface area contributed by atoms with E-state index in [1.54, 1.807) is 0 Å². The molecule has 0 saturated heterocycles. The summed E-state index contributed by atoms with van der Waals surface area (Å²) in [6.07, 6.45) is 0. The lowest BCUT2D eigenvalue weighted by Gasteiger charge is -2.19. The van der Waals surface area contributed by atoms with E-state index in [9.17, 15) is 0 Å². The van der Waals surface area contributed by atoms with Gasteiger partial charge in [0.2, 0.25) is 0 Å². The number of benzene rings is 3. The van der Waals surface area contributed by atoms with E-state index in [4.69, 9.17) is 13.6 Å². The van der Waals surface area contributed by atoms with Gasteiger partial charge in [-0.3, -0.25) is 0 Å². The second-order valence-corrected chi connectivity index (χ2v) is 14.1. The van der Waals surface area contributed by atoms with Crippen molar-refractivity contribution < 1.29 is 13.6 Å². The summed E-state index contributed by atoms with van der Waals surface area (Å²) in [4.78, 5) is 0. The van der Waals surface area contributed by atoms with Crippen LogP contribution in [0.5, 0.6) is 17.2 Å². The van der Waals surface area contributed by atoms with Crippen molar-refractivity contribution in [2.75, 3.05) is 0 Å². The standard InChI is InChI=1S/C18H6Br9O3P/c19-10-1-7(2-11(20)16(10)25)28-31(29-8-3-12(21)17(26)13(22)4-8)30-9-5-14(23)18(27)15(24)6-9/h1-6H. The van der Waals surface area contributed by atoms with Gasteiger partial charge in [-0.1, -0.05) is 0 Å². The lowest BCUT2D eigenvalue weighted by atomic mass is 10.3. The molecule has 0 bridgehead atoms. The number of hydrogen-bond acceptors (Lipinski definition) is 3. The number of rotatable bonds is 6. The summed E-state index contributed by atoms with van der Waals surface area (Å²) in [5.41, 5.74) is 0. The smallest absolute Gasteiger partial charge is 0.408 e. The van der Waals surface area contributed by atoms with E-state index in [0.717, 1.165) is 40.3 Å². The molecule has 31 heavy (non-hydrogen) atoms. The van der Waals surface area contributed by atoms with Crippen molar-refractivity contribution in [3.05, 3.63) is 76.7 Å². The Kier molecular flexibility index (Phi) is 10.8. The summed E-state index contributed by atoms with van der Waals surface area (Å²) in [5, 5.41) is 0. The van der Waals surface area contributed by atoms with Crippen molar-refractivity contribution >= 4 is 152 Å². The fourth-order valence-corrected chi connectivity index (χ4v) is 7.13. The Morgan fingerprint density at radius 3 is 0.774 bits per heavy atom. The lowest BCUT2D eigenvalue weighted by molar-refractivity contribution is 0.387. The first-order chi connectivity index (χ1) is 14.5. The third kappa shape index (κ3) is 7.40. The molecule has 0 spiro atoms. The first kappa shape index (κ1) is 27.4. The van der Waals surface area contributed by atoms with Crippen molar-refractivity contribution in [3.63, 3.8) is 0 Å². The van der Waals surface area contributed by atoms with E-state index < -0.39 is 8.60 Å². The molecular weight excluding hydrogens is 1010 g/mol. The molecule has 0 aliphatic heterocycles. The van der Waals surface area contributed by atoms with E-state index in [0.29, 0.717) is 17.2 Å². The van der Waals surface area contributed by atoms with Crippen LogP contribution in [-0.2, 0) is 0 Å². The monoisotopic (exact) mass is 1010 g/mol. The third-order valence-corrected chi connectivity index (χ3v) is 14.0. The first-order valence-corrected chi connectivity index (χ1v) is 16.1. The van der Waals surface area contributed by atoms with Gasteiger partial charge in [0.25, 0.3) is 0 Å². The van der Waals surface area contributed by atoms with Gasteiger partial charge < -0.3 is 13.6 Å². The quantitative estimate of drug-likeness (QED) is 0.182. The van der Waals surface area contributed by atoms with Crippen LogP contribution in [-0.4, -0.2) is 0 Å². The van der Waals surface area contributed by atoms with Crippen LogP contribution in [0.2, 0.25) is 0 Å². The van der Waals surface area contributed by atoms with Crippen LogP contribution in [0.3, 0.4) is 0 Å². The Hall–Kier alpha value is 1.81. The third-order valence-electron chi connectivity index (χ3n) is 3.41. The maximum absolute atomic E-state index is 6.11. The zero-order valence-electron chi connectivity index (χ0n) is 14.5. The van der Waals surface area contributed by atoms with Crippen LogP contribution >= 0.6 is 152 Å². The Bertz CT molecular complexity index is 932. The number of halogens is 9. The molecule has 3 nitrogen and oxygen atoms in total. The van der Waals surface area contributed by atoms with E-state index in [2.05, 4.69) is 143 Å². The second kappa shape index (κ2) is 12.2. The van der Waals surface area contributed by atoms with Crippen molar-refractivity contribution in [3.8, 4) is 17.2 Å². The fraction of sp³-hybridized carbons (Fsp3) is 0. The maximum atomic E-state index is 6.11. The van der Waals surface area contributed by atoms with Gasteiger partial charge in [-0.25, -0.2) is 0 Å². The molecule has 0 unspecified atom stereocenters. The van der Waals surface area contributed by atoms with E-state index in [1.807, 2.05) is 36.4 Å². The normalized spacial score (nSPS) is 11.0. The van der Waals surface area contributed by atoms with E-state index in [1.165, 1.54) is 0 Å². The lowest BCUT2D eigenvalue weighted by Crippen LogP contribution is -2.03. The Balaban J connectivity index is 1.95. The molecule has 3 rings (SSSR count). The zero-order chi connectivity index (χ0) is 22.9. The van der Waals surface area contributed by atoms with Gasteiger partial charge >= 0.3 is 8.60 Å². The summed E-state index contributed by atoms with van der Waals surface area (Å²) in [7, 11) is -1.86. The van der Waals surface area contributed by atoms with Crippen molar-refractivity contribution in [1.29, 1.82) is 0 Å². The molecule has 0 N–H and O–H groups in total. The van der Waals surface area contributed by atoms with Gasteiger partial charge in [0.1, 0.15) is 17.2 Å². The Morgan fingerprint density at radius 2 is 0.581 bits per heavy atom. The minimum atomic E-state index is -1.86. The van der Waals surface area contributed by atoms with Gasteiger partial charge in [-0.05, 0) is 180 Å². The van der Waals surface area contributed by atoms with Gasteiger partial charge in [0.05, 0.1) is 0 Å². The minimum Gasteiger partial charge on any atom is -0.408 e. The van der Waals surface area contributed by atoms with Crippen molar-refractivity contribution in [1.82, 2.24) is 0 Å². The predicted molar refractivity (Wildman–Crippen MR) is 157 cm³/mol. The molecule has 0 aromatic heterocycles. The molecule has 164 valence electrons. The van der Waals surface area contributed by atoms with Crippen LogP contribution in [0.4, 0.5) is 0 Å². The maximum Gasteiger partial charge on any atom is 0.530 e. The molecular formula is C18H6Br9O3P. The van der Waals surface area contributed by atoms with Gasteiger partial charge in [0, 0.05) is 40.3 Å². The summed E-state index contributed by atoms with van der Waals surface area (Å²) in [6.45, 7) is 0. The van der Waals surface area contributed by atoms with Crippen molar-refractivity contribution in [2.24, 2.45) is 0 Å². The van der Waals surface area contributed by atoms with Gasteiger partial charge in [-0.15, -0.1) is 0 Å². The second-order valence-electron chi connectivity index (χ2n) is 5.60. The largest absolute Gasteiger partial charge is 0.530 e. The molecule has 0 heterocycles. The highest BCUT2D eigenvalue weighted by molar-refractivity contribution is 9.15. The zero-order valence-corrected chi connectivity index (χ0v) is 29.7. The summed E-state index contributed by atoms with van der Waals surface area (Å²) in [5.74, 6) is 1.70. The molecule has 0 aliphatic carbocycles. The Labute approximate surface area is 255 Å². The van der Waals surface area contributed by atoms with Crippen molar-refractivity contribution in [2.45, 2.75) is 0 Å². The van der Waals surface area contributed by atoms with Crippen LogP contribution < -0.4 is 13.6 Å². The van der Waals surface area contributed by atoms with Crippen LogP contribution in [0, 0.1) is 0 Å². The SMILES string of the molecule is Brc1cc(OP(Oc2cc(Br)c(Br)c(Br)c2)Oc2cc(Br)c(Br)c(Br)c2)cc(Br)c1Br. The highest BCUT2D eigenvalue weighted by Gasteiger charge is 2.23. The average molecular weight is 1020 g/mol. The molecule has 0 aliphatic rings. The van der Waals surface area contributed by atoms with Crippen LogP contribution in [0.1, 0.15) is 0 Å². The Morgan fingerprint density at radius 1 is 0.387 bits per heavy atom. The van der Waals surface area contributed by atoms with Gasteiger partial charge in [0.15, 0.2) is 0 Å². The average Bonchev–Trinajstić information content (AvgIpc) is 2.68. The topological polar surface area (TPSA) is 27.7 Å². The molecule has 3 aromatic rings. The van der Waals surface area contributed by atoms with E-state index in [-0.39, 0.29) is 0 Å². The van der Waals surface area contributed by atoms with E-state index >= 15 is 0 Å². The predicted octanol–water partition coefficient (Wildman–Crippen LogP) is 12.3. The van der Waals surface area contributed by atoms with Crippen LogP contribution in [0.25, 0.3) is 0 Å². The summed E-state index contributed by atoms with van der Waals surface area (Å²) < 4.78 is 26.0. The molecule has 0 atom stereocenters. The minimum absolute atomic E-state index is 0.568. The molecule has 0 amide bonds. The highest BCUT2D eigenvalue weighted by atomic mass is 79.9. The highest BCUT2D eigenvalue weighted by Crippen LogP contribution is 2.48. The molecule has 0 radical (unpaired) electrons. The molecule has 0 fully saturated rings. The molecule has 13 heteroatoms. The summed E-state index contributed by atoms with van der Waals surface area (Å²) >= 11 is 31.5. The summed E-state index contributed by atoms with van der Waals surface area (Å²) in [6, 6.07) is 11.0. The number of hydrogen-bond donors (Lipinski definition) is 0.